The topological polar surface area (TPSA) is 87.7 Å². The van der Waals surface area contributed by atoms with E-state index in [2.05, 4.69) is 26.0 Å². The van der Waals surface area contributed by atoms with Crippen molar-refractivity contribution in [2.24, 2.45) is 5.92 Å². The van der Waals surface area contributed by atoms with Crippen molar-refractivity contribution < 1.29 is 0 Å². The number of anilines is 1. The van der Waals surface area contributed by atoms with Gasteiger partial charge in [0.15, 0.2) is 11.5 Å². The van der Waals surface area contributed by atoms with Gasteiger partial charge in [0, 0.05) is 38.1 Å². The largest absolute Gasteiger partial charge is 0.354 e. The summed E-state index contributed by atoms with van der Waals surface area (Å²) in [5.41, 5.74) is 2.64. The summed E-state index contributed by atoms with van der Waals surface area (Å²) in [6, 6.07) is 3.90. The van der Waals surface area contributed by atoms with Gasteiger partial charge in [0.05, 0.1) is 5.69 Å². The van der Waals surface area contributed by atoms with Gasteiger partial charge in [-0.05, 0) is 50.0 Å². The Balaban J connectivity index is 1.43. The number of hydrogen-bond donors (Lipinski definition) is 0. The lowest BCUT2D eigenvalue weighted by Crippen LogP contribution is -2.38. The number of nitrogens with zero attached hydrogens (tertiary/aromatic N) is 6. The highest BCUT2D eigenvalue weighted by Gasteiger charge is 2.24. The lowest BCUT2D eigenvalue weighted by Gasteiger charge is -2.33. The minimum atomic E-state index is 0.0220. The van der Waals surface area contributed by atoms with E-state index in [9.17, 15) is 10.1 Å². The molecule has 0 spiro atoms. The van der Waals surface area contributed by atoms with Crippen LogP contribution in [0.3, 0.4) is 0 Å². The van der Waals surface area contributed by atoms with Gasteiger partial charge in [0.2, 0.25) is 0 Å². The summed E-state index contributed by atoms with van der Waals surface area (Å²) in [4.78, 5) is 22.9. The number of aryl methyl sites for hydroxylation is 2. The van der Waals surface area contributed by atoms with Gasteiger partial charge in [-0.1, -0.05) is 0 Å². The molecule has 1 aliphatic heterocycles. The zero-order chi connectivity index (χ0) is 17.9. The second kappa shape index (κ2) is 7.24. The molecule has 1 fully saturated rings. The maximum atomic E-state index is 12.4. The van der Waals surface area contributed by atoms with E-state index >= 15 is 0 Å². The highest BCUT2D eigenvalue weighted by atomic mass is 16.1. The van der Waals surface area contributed by atoms with E-state index in [1.54, 1.807) is 23.1 Å². The van der Waals surface area contributed by atoms with Crippen molar-refractivity contribution >= 4 is 5.82 Å². The Kier molecular flexibility index (Phi) is 4.65. The highest BCUT2D eigenvalue weighted by molar-refractivity contribution is 5.49. The van der Waals surface area contributed by atoms with E-state index in [1.165, 1.54) is 0 Å². The SMILES string of the molecule is N#Cc1nccnc1N1CCC(Cn2nc3c(cc2=O)CCCC3)CC1. The molecule has 1 aliphatic carbocycles. The molecule has 4 rings (SSSR count). The van der Waals surface area contributed by atoms with Gasteiger partial charge in [0.1, 0.15) is 6.07 Å². The lowest BCUT2D eigenvalue weighted by molar-refractivity contribution is 0.331. The maximum Gasteiger partial charge on any atom is 0.267 e. The van der Waals surface area contributed by atoms with Gasteiger partial charge in [-0.3, -0.25) is 4.79 Å². The Morgan fingerprint density at radius 2 is 1.92 bits per heavy atom. The Bertz CT molecular complexity index is 892. The molecule has 0 saturated carbocycles. The van der Waals surface area contributed by atoms with Crippen molar-refractivity contribution in [2.75, 3.05) is 18.0 Å². The molecule has 7 heteroatoms. The molecule has 2 aromatic heterocycles. The fourth-order valence-corrected chi connectivity index (χ4v) is 3.94. The van der Waals surface area contributed by atoms with Gasteiger partial charge < -0.3 is 4.90 Å². The number of aromatic nitrogens is 4. The molecule has 0 bridgehead atoms. The molecule has 7 nitrogen and oxygen atoms in total. The van der Waals surface area contributed by atoms with Crippen molar-refractivity contribution in [3.05, 3.63) is 45.8 Å². The van der Waals surface area contributed by atoms with Gasteiger partial charge in [-0.15, -0.1) is 0 Å². The van der Waals surface area contributed by atoms with Crippen molar-refractivity contribution in [3.8, 4) is 6.07 Å². The molecule has 3 heterocycles. The highest BCUT2D eigenvalue weighted by Crippen LogP contribution is 2.24. The first-order valence-electron chi connectivity index (χ1n) is 9.30. The standard InChI is InChI=1S/C19H22N6O/c20-12-17-19(22-8-7-21-17)24-9-5-14(6-10-24)13-25-18(26)11-15-3-1-2-4-16(15)23-25/h7-8,11,14H,1-6,9-10,13H2. The van der Waals surface area contributed by atoms with E-state index in [0.717, 1.165) is 62.9 Å². The number of nitriles is 1. The molecular formula is C19H22N6O. The van der Waals surface area contributed by atoms with Crippen LogP contribution < -0.4 is 10.5 Å². The first kappa shape index (κ1) is 16.7. The first-order valence-corrected chi connectivity index (χ1v) is 9.30. The Labute approximate surface area is 152 Å². The third kappa shape index (κ3) is 3.32. The molecule has 0 aromatic carbocycles. The molecular weight excluding hydrogens is 328 g/mol. The second-order valence-corrected chi connectivity index (χ2v) is 7.11. The fourth-order valence-electron chi connectivity index (χ4n) is 3.94. The lowest BCUT2D eigenvalue weighted by atomic mass is 9.95. The summed E-state index contributed by atoms with van der Waals surface area (Å²) in [6.45, 7) is 2.31. The number of piperidine rings is 1. The van der Waals surface area contributed by atoms with Gasteiger partial charge in [-0.25, -0.2) is 14.6 Å². The van der Waals surface area contributed by atoms with E-state index in [1.807, 2.05) is 0 Å². The number of hydrogen-bond acceptors (Lipinski definition) is 6. The number of fused-ring (bicyclic) bond motifs is 1. The predicted molar refractivity (Wildman–Crippen MR) is 96.8 cm³/mol. The van der Waals surface area contributed by atoms with Gasteiger partial charge in [0.25, 0.3) is 5.56 Å². The summed E-state index contributed by atoms with van der Waals surface area (Å²) < 4.78 is 1.66. The van der Waals surface area contributed by atoms with E-state index in [-0.39, 0.29) is 5.56 Å². The molecule has 26 heavy (non-hydrogen) atoms. The first-order chi connectivity index (χ1) is 12.7. The van der Waals surface area contributed by atoms with Crippen LogP contribution in [-0.4, -0.2) is 32.8 Å². The molecule has 2 aliphatic rings. The van der Waals surface area contributed by atoms with Crippen LogP contribution in [0, 0.1) is 17.2 Å². The molecule has 0 N–H and O–H groups in total. The van der Waals surface area contributed by atoms with Crippen LogP contribution in [0.2, 0.25) is 0 Å². The van der Waals surface area contributed by atoms with Crippen molar-refractivity contribution in [1.29, 1.82) is 5.26 Å². The summed E-state index contributed by atoms with van der Waals surface area (Å²) >= 11 is 0. The Morgan fingerprint density at radius 3 is 2.73 bits per heavy atom. The van der Waals surface area contributed by atoms with Crippen LogP contribution in [-0.2, 0) is 19.4 Å². The Hall–Kier alpha value is -2.75. The summed E-state index contributed by atoms with van der Waals surface area (Å²) in [7, 11) is 0. The van der Waals surface area contributed by atoms with E-state index < -0.39 is 0 Å². The minimum Gasteiger partial charge on any atom is -0.354 e. The number of rotatable bonds is 3. The summed E-state index contributed by atoms with van der Waals surface area (Å²) in [5, 5.41) is 13.8. The Morgan fingerprint density at radius 1 is 1.15 bits per heavy atom. The molecule has 1 saturated heterocycles. The average molecular weight is 350 g/mol. The predicted octanol–water partition coefficient (Wildman–Crippen LogP) is 1.70. The van der Waals surface area contributed by atoms with Crippen LogP contribution >= 0.6 is 0 Å². The normalized spacial score (nSPS) is 17.6. The van der Waals surface area contributed by atoms with Crippen molar-refractivity contribution in [1.82, 2.24) is 19.7 Å². The molecule has 134 valence electrons. The second-order valence-electron chi connectivity index (χ2n) is 7.11. The molecule has 2 aromatic rings. The van der Waals surface area contributed by atoms with Crippen molar-refractivity contribution in [3.63, 3.8) is 0 Å². The van der Waals surface area contributed by atoms with Crippen LogP contribution in [0.4, 0.5) is 5.82 Å². The zero-order valence-corrected chi connectivity index (χ0v) is 14.8. The molecule has 0 radical (unpaired) electrons. The average Bonchev–Trinajstić information content (AvgIpc) is 2.69. The third-order valence-corrected chi connectivity index (χ3v) is 5.40. The van der Waals surface area contributed by atoms with Gasteiger partial charge in [-0.2, -0.15) is 10.4 Å². The van der Waals surface area contributed by atoms with E-state index in [0.29, 0.717) is 24.0 Å². The molecule has 0 unspecified atom stereocenters. The monoisotopic (exact) mass is 350 g/mol. The third-order valence-electron chi connectivity index (χ3n) is 5.40. The molecule has 0 amide bonds. The van der Waals surface area contributed by atoms with Crippen LogP contribution in [0.15, 0.2) is 23.3 Å². The zero-order valence-electron chi connectivity index (χ0n) is 14.8. The quantitative estimate of drug-likeness (QED) is 0.837. The smallest absolute Gasteiger partial charge is 0.267 e. The van der Waals surface area contributed by atoms with Crippen LogP contribution in [0.5, 0.6) is 0 Å². The van der Waals surface area contributed by atoms with Gasteiger partial charge >= 0.3 is 0 Å². The van der Waals surface area contributed by atoms with Crippen LogP contribution in [0.1, 0.15) is 42.6 Å². The molecule has 0 atom stereocenters. The van der Waals surface area contributed by atoms with Crippen molar-refractivity contribution in [2.45, 2.75) is 45.1 Å². The maximum absolute atomic E-state index is 12.4. The van der Waals surface area contributed by atoms with Crippen LogP contribution in [0.25, 0.3) is 0 Å². The summed E-state index contributed by atoms with van der Waals surface area (Å²) in [6.07, 6.45) is 9.36. The fraction of sp³-hybridized carbons (Fsp3) is 0.526. The minimum absolute atomic E-state index is 0.0220. The van der Waals surface area contributed by atoms with E-state index in [4.69, 9.17) is 0 Å². The summed E-state index contributed by atoms with van der Waals surface area (Å²) in [5.74, 6) is 1.08.